The topological polar surface area (TPSA) is 77.1 Å². The third kappa shape index (κ3) is 3.17. The van der Waals surface area contributed by atoms with E-state index < -0.39 is 5.41 Å². The maximum absolute atomic E-state index is 11.9. The molecule has 0 radical (unpaired) electrons. The SMILES string of the molecule is CCn1cc(NC(=O)C(C)(C)CN)ccc1=O. The van der Waals surface area contributed by atoms with E-state index >= 15 is 0 Å². The lowest BCUT2D eigenvalue weighted by molar-refractivity contribution is -0.123. The summed E-state index contributed by atoms with van der Waals surface area (Å²) in [5, 5.41) is 2.76. The van der Waals surface area contributed by atoms with Gasteiger partial charge in [-0.15, -0.1) is 0 Å². The first-order chi connectivity index (χ1) is 7.90. The van der Waals surface area contributed by atoms with Gasteiger partial charge in [0.1, 0.15) is 0 Å². The number of rotatable bonds is 4. The molecule has 0 spiro atoms. The van der Waals surface area contributed by atoms with Crippen LogP contribution in [0, 0.1) is 5.41 Å². The highest BCUT2D eigenvalue weighted by molar-refractivity contribution is 5.94. The molecule has 3 N–H and O–H groups in total. The van der Waals surface area contributed by atoms with Gasteiger partial charge >= 0.3 is 0 Å². The lowest BCUT2D eigenvalue weighted by atomic mass is 9.92. The molecular formula is C12H19N3O2. The molecule has 0 aliphatic rings. The van der Waals surface area contributed by atoms with Crippen molar-refractivity contribution in [1.82, 2.24) is 4.57 Å². The molecule has 1 amide bonds. The Bertz CT molecular complexity index is 463. The zero-order valence-electron chi connectivity index (χ0n) is 10.5. The fourth-order valence-corrected chi connectivity index (χ4v) is 1.25. The van der Waals surface area contributed by atoms with E-state index in [9.17, 15) is 9.59 Å². The Hall–Kier alpha value is -1.62. The van der Waals surface area contributed by atoms with Crippen LogP contribution in [0.15, 0.2) is 23.1 Å². The summed E-state index contributed by atoms with van der Waals surface area (Å²) >= 11 is 0. The molecular weight excluding hydrogens is 218 g/mol. The van der Waals surface area contributed by atoms with Crippen molar-refractivity contribution in [3.8, 4) is 0 Å². The van der Waals surface area contributed by atoms with Crippen LogP contribution in [0.1, 0.15) is 20.8 Å². The summed E-state index contributed by atoms with van der Waals surface area (Å²) in [6.07, 6.45) is 1.63. The zero-order valence-corrected chi connectivity index (χ0v) is 10.5. The van der Waals surface area contributed by atoms with Gasteiger partial charge in [0.05, 0.1) is 11.1 Å². The molecule has 94 valence electrons. The molecule has 0 unspecified atom stereocenters. The number of amides is 1. The van der Waals surface area contributed by atoms with Crippen molar-refractivity contribution < 1.29 is 4.79 Å². The van der Waals surface area contributed by atoms with Crippen LogP contribution in [0.5, 0.6) is 0 Å². The maximum atomic E-state index is 11.9. The highest BCUT2D eigenvalue weighted by atomic mass is 16.2. The van der Waals surface area contributed by atoms with E-state index in [1.165, 1.54) is 10.6 Å². The molecule has 0 atom stereocenters. The predicted octanol–water partition coefficient (Wildman–Crippen LogP) is 0.792. The van der Waals surface area contributed by atoms with E-state index in [0.717, 1.165) is 0 Å². The second-order valence-corrected chi connectivity index (χ2v) is 4.58. The van der Waals surface area contributed by atoms with Gasteiger partial charge in [0.15, 0.2) is 0 Å². The smallest absolute Gasteiger partial charge is 0.250 e. The van der Waals surface area contributed by atoms with Crippen molar-refractivity contribution in [2.45, 2.75) is 27.3 Å². The Balaban J connectivity index is 2.90. The van der Waals surface area contributed by atoms with Gasteiger partial charge in [0.25, 0.3) is 5.56 Å². The first kappa shape index (κ1) is 13.4. The van der Waals surface area contributed by atoms with Crippen molar-refractivity contribution in [3.05, 3.63) is 28.7 Å². The van der Waals surface area contributed by atoms with Gasteiger partial charge in [-0.05, 0) is 26.8 Å². The largest absolute Gasteiger partial charge is 0.329 e. The normalized spacial score (nSPS) is 11.3. The number of nitrogens with zero attached hydrogens (tertiary/aromatic N) is 1. The third-order valence-electron chi connectivity index (χ3n) is 2.71. The highest BCUT2D eigenvalue weighted by Crippen LogP contribution is 2.16. The maximum Gasteiger partial charge on any atom is 0.250 e. The summed E-state index contributed by atoms with van der Waals surface area (Å²) in [5.74, 6) is -0.152. The van der Waals surface area contributed by atoms with Gasteiger partial charge in [-0.3, -0.25) is 9.59 Å². The number of aromatic nitrogens is 1. The van der Waals surface area contributed by atoms with Gasteiger partial charge in [-0.1, -0.05) is 0 Å². The summed E-state index contributed by atoms with van der Waals surface area (Å²) in [4.78, 5) is 23.2. The minimum Gasteiger partial charge on any atom is -0.329 e. The van der Waals surface area contributed by atoms with E-state index in [2.05, 4.69) is 5.32 Å². The van der Waals surface area contributed by atoms with Crippen LogP contribution < -0.4 is 16.6 Å². The van der Waals surface area contributed by atoms with Gasteiger partial charge in [0.2, 0.25) is 5.91 Å². The minimum absolute atomic E-state index is 0.0800. The predicted molar refractivity (Wildman–Crippen MR) is 67.8 cm³/mol. The lowest BCUT2D eigenvalue weighted by Gasteiger charge is -2.21. The molecule has 0 fully saturated rings. The molecule has 1 heterocycles. The third-order valence-corrected chi connectivity index (χ3v) is 2.71. The Morgan fingerprint density at radius 1 is 1.47 bits per heavy atom. The van der Waals surface area contributed by atoms with Crippen LogP contribution in [-0.4, -0.2) is 17.0 Å². The summed E-state index contributed by atoms with van der Waals surface area (Å²) in [5.41, 5.74) is 5.44. The Labute approximate surface area is 101 Å². The number of nitrogens with one attached hydrogen (secondary N) is 1. The second kappa shape index (κ2) is 5.14. The standard InChI is InChI=1S/C12H19N3O2/c1-4-15-7-9(5-6-10(15)16)14-11(17)12(2,3)8-13/h5-7H,4,8,13H2,1-3H3,(H,14,17). The number of hydrogen-bond acceptors (Lipinski definition) is 3. The molecule has 1 aromatic rings. The van der Waals surface area contributed by atoms with Crippen LogP contribution in [0.3, 0.4) is 0 Å². The Kier molecular flexibility index (Phi) is 4.07. The first-order valence-electron chi connectivity index (χ1n) is 5.62. The fourth-order valence-electron chi connectivity index (χ4n) is 1.25. The van der Waals surface area contributed by atoms with Gasteiger partial charge in [-0.25, -0.2) is 0 Å². The van der Waals surface area contributed by atoms with Gasteiger partial charge < -0.3 is 15.6 Å². The van der Waals surface area contributed by atoms with Crippen molar-refractivity contribution in [2.24, 2.45) is 11.1 Å². The van der Waals surface area contributed by atoms with Crippen molar-refractivity contribution in [1.29, 1.82) is 0 Å². The second-order valence-electron chi connectivity index (χ2n) is 4.58. The number of nitrogens with two attached hydrogens (primary N) is 1. The fraction of sp³-hybridized carbons (Fsp3) is 0.500. The van der Waals surface area contributed by atoms with Crippen molar-refractivity contribution in [3.63, 3.8) is 0 Å². The molecule has 5 heteroatoms. The molecule has 17 heavy (non-hydrogen) atoms. The molecule has 0 saturated carbocycles. The number of carbonyl (C=O) groups excluding carboxylic acids is 1. The molecule has 5 nitrogen and oxygen atoms in total. The van der Waals surface area contributed by atoms with Crippen LogP contribution in [0.2, 0.25) is 0 Å². The molecule has 0 bridgehead atoms. The highest BCUT2D eigenvalue weighted by Gasteiger charge is 2.25. The Morgan fingerprint density at radius 2 is 2.12 bits per heavy atom. The molecule has 1 rings (SSSR count). The summed E-state index contributed by atoms with van der Waals surface area (Å²) in [6.45, 7) is 6.27. The molecule has 0 saturated heterocycles. The number of anilines is 1. The van der Waals surface area contributed by atoms with E-state index in [4.69, 9.17) is 5.73 Å². The van der Waals surface area contributed by atoms with Gasteiger partial charge in [-0.2, -0.15) is 0 Å². The Morgan fingerprint density at radius 3 is 2.65 bits per heavy atom. The summed E-state index contributed by atoms with van der Waals surface area (Å²) in [6, 6.07) is 3.04. The summed E-state index contributed by atoms with van der Waals surface area (Å²) in [7, 11) is 0. The summed E-state index contributed by atoms with van der Waals surface area (Å²) < 4.78 is 1.53. The minimum atomic E-state index is -0.618. The zero-order chi connectivity index (χ0) is 13.1. The lowest BCUT2D eigenvalue weighted by Crippen LogP contribution is -2.37. The van der Waals surface area contributed by atoms with E-state index in [1.807, 2.05) is 6.92 Å². The monoisotopic (exact) mass is 237 g/mol. The van der Waals surface area contributed by atoms with Crippen molar-refractivity contribution in [2.75, 3.05) is 11.9 Å². The number of carbonyl (C=O) groups is 1. The van der Waals surface area contributed by atoms with Crippen LogP contribution >= 0.6 is 0 Å². The van der Waals surface area contributed by atoms with Crippen molar-refractivity contribution >= 4 is 11.6 Å². The van der Waals surface area contributed by atoms with Crippen LogP contribution in [0.25, 0.3) is 0 Å². The van der Waals surface area contributed by atoms with Crippen LogP contribution in [-0.2, 0) is 11.3 Å². The van der Waals surface area contributed by atoms with E-state index in [1.54, 1.807) is 26.1 Å². The van der Waals surface area contributed by atoms with Gasteiger partial charge in [0, 0.05) is 25.4 Å². The number of hydrogen-bond donors (Lipinski definition) is 2. The molecule has 0 aromatic carbocycles. The van der Waals surface area contributed by atoms with E-state index in [-0.39, 0.29) is 18.0 Å². The molecule has 0 aliphatic heterocycles. The van der Waals surface area contributed by atoms with E-state index in [0.29, 0.717) is 12.2 Å². The average Bonchev–Trinajstić information content (AvgIpc) is 2.31. The quantitative estimate of drug-likeness (QED) is 0.812. The number of aryl methyl sites for hydroxylation is 1. The van der Waals surface area contributed by atoms with Crippen LogP contribution in [0.4, 0.5) is 5.69 Å². The number of pyridine rings is 1. The first-order valence-corrected chi connectivity index (χ1v) is 5.62. The molecule has 0 aliphatic carbocycles. The molecule has 1 aromatic heterocycles. The average molecular weight is 237 g/mol.